The van der Waals surface area contributed by atoms with Crippen LogP contribution in [0.2, 0.25) is 0 Å². The highest BCUT2D eigenvalue weighted by Gasteiger charge is 2.04. The number of rotatable bonds is 2. The van der Waals surface area contributed by atoms with Crippen LogP contribution in [0.5, 0.6) is 0 Å². The normalized spacial score (nSPS) is 12.4. The van der Waals surface area contributed by atoms with Gasteiger partial charge in [0, 0.05) is 9.81 Å². The summed E-state index contributed by atoms with van der Waals surface area (Å²) in [6.07, 6.45) is 0. The van der Waals surface area contributed by atoms with Gasteiger partial charge in [-0.3, -0.25) is 0 Å². The lowest BCUT2D eigenvalue weighted by atomic mass is 10.1. The molecular formula is C15H12Br2. The van der Waals surface area contributed by atoms with Crippen molar-refractivity contribution < 1.29 is 0 Å². The molecule has 0 aliphatic heterocycles. The van der Waals surface area contributed by atoms with Gasteiger partial charge < -0.3 is 0 Å². The molecule has 0 bridgehead atoms. The van der Waals surface area contributed by atoms with Gasteiger partial charge in [-0.1, -0.05) is 71.0 Å². The third-order valence-electron chi connectivity index (χ3n) is 2.65. The molecule has 0 fully saturated rings. The van der Waals surface area contributed by atoms with Gasteiger partial charge >= 0.3 is 0 Å². The molecule has 0 saturated heterocycles. The molecule has 0 aromatic heterocycles. The first-order valence-corrected chi connectivity index (χ1v) is 7.23. The van der Waals surface area contributed by atoms with Gasteiger partial charge in [-0.15, -0.1) is 0 Å². The van der Waals surface area contributed by atoms with Crippen LogP contribution in [0.15, 0.2) is 48.5 Å². The van der Waals surface area contributed by atoms with Crippen LogP contribution in [0.4, 0.5) is 0 Å². The van der Waals surface area contributed by atoms with Gasteiger partial charge in [0.1, 0.15) is 0 Å². The standard InChI is InChI=1S/C15H12Br2/c1-11-6-2-4-8-13(11)15(17)14-9-5-3-7-12(14)10-16/h2-9H,1,10H2/b15-13+. The maximum absolute atomic E-state index is 4.06. The summed E-state index contributed by atoms with van der Waals surface area (Å²) in [6.45, 7) is 4.06. The molecule has 0 aliphatic rings. The Bertz CT molecular complexity index is 629. The quantitative estimate of drug-likeness (QED) is 0.726. The van der Waals surface area contributed by atoms with Crippen LogP contribution in [0.3, 0.4) is 0 Å². The van der Waals surface area contributed by atoms with Gasteiger partial charge in [-0.05, 0) is 37.5 Å². The summed E-state index contributed by atoms with van der Waals surface area (Å²) in [5.41, 5.74) is 2.48. The van der Waals surface area contributed by atoms with Crippen LogP contribution in [-0.4, -0.2) is 0 Å². The van der Waals surface area contributed by atoms with E-state index in [4.69, 9.17) is 0 Å². The lowest BCUT2D eigenvalue weighted by Gasteiger charge is -2.06. The Hall–Kier alpha value is -0.860. The zero-order valence-electron chi connectivity index (χ0n) is 9.29. The Morgan fingerprint density at radius 1 is 1.00 bits per heavy atom. The second kappa shape index (κ2) is 5.65. The first kappa shape index (κ1) is 12.6. The van der Waals surface area contributed by atoms with E-state index in [1.807, 2.05) is 18.2 Å². The summed E-state index contributed by atoms with van der Waals surface area (Å²) < 4.78 is 1.10. The van der Waals surface area contributed by atoms with Gasteiger partial charge in [0.25, 0.3) is 0 Å². The third kappa shape index (κ3) is 2.70. The highest BCUT2D eigenvalue weighted by molar-refractivity contribution is 9.15. The van der Waals surface area contributed by atoms with Gasteiger partial charge in [0.2, 0.25) is 0 Å². The van der Waals surface area contributed by atoms with Crippen molar-refractivity contribution in [1.29, 1.82) is 0 Å². The number of halogens is 2. The molecule has 0 unspecified atom stereocenters. The molecule has 0 atom stereocenters. The molecule has 2 heteroatoms. The molecule has 17 heavy (non-hydrogen) atoms. The smallest absolute Gasteiger partial charge is 0.0328 e. The van der Waals surface area contributed by atoms with Crippen LogP contribution < -0.4 is 10.4 Å². The molecule has 2 aromatic rings. The highest BCUT2D eigenvalue weighted by Crippen LogP contribution is 2.23. The van der Waals surface area contributed by atoms with Gasteiger partial charge in [-0.2, -0.15) is 0 Å². The van der Waals surface area contributed by atoms with Gasteiger partial charge in [0.05, 0.1) is 0 Å². The van der Waals surface area contributed by atoms with Crippen molar-refractivity contribution in [1.82, 2.24) is 0 Å². The SMILES string of the molecule is C=c1cccc/c1=C(\Br)c1ccccc1CBr. The van der Waals surface area contributed by atoms with Crippen molar-refractivity contribution in [2.45, 2.75) is 5.33 Å². The van der Waals surface area contributed by atoms with Crippen molar-refractivity contribution in [3.63, 3.8) is 0 Å². The summed E-state index contributed by atoms with van der Waals surface area (Å²) in [4.78, 5) is 0. The largest absolute Gasteiger partial charge is 0.0911 e. The van der Waals surface area contributed by atoms with E-state index in [2.05, 4.69) is 68.8 Å². The molecule has 2 rings (SSSR count). The number of benzene rings is 2. The van der Waals surface area contributed by atoms with Crippen molar-refractivity contribution in [2.75, 3.05) is 0 Å². The maximum atomic E-state index is 4.06. The lowest BCUT2D eigenvalue weighted by Crippen LogP contribution is -2.24. The molecule has 0 saturated carbocycles. The molecular weight excluding hydrogens is 340 g/mol. The summed E-state index contributed by atoms with van der Waals surface area (Å²) in [5, 5.41) is 3.02. The molecule has 0 nitrogen and oxygen atoms in total. The Morgan fingerprint density at radius 2 is 1.65 bits per heavy atom. The van der Waals surface area contributed by atoms with Crippen LogP contribution in [0, 0.1) is 0 Å². The van der Waals surface area contributed by atoms with Crippen molar-refractivity contribution in [3.05, 3.63) is 70.1 Å². The minimum absolute atomic E-state index is 0.845. The topological polar surface area (TPSA) is 0 Å². The zero-order chi connectivity index (χ0) is 12.3. The first-order valence-electron chi connectivity index (χ1n) is 5.32. The monoisotopic (exact) mass is 350 g/mol. The minimum Gasteiger partial charge on any atom is -0.0911 e. The molecule has 86 valence electrons. The molecule has 0 spiro atoms. The first-order chi connectivity index (χ1) is 8.24. The highest BCUT2D eigenvalue weighted by atomic mass is 79.9. The van der Waals surface area contributed by atoms with Crippen molar-refractivity contribution in [3.8, 4) is 0 Å². The summed E-state index contributed by atoms with van der Waals surface area (Å²) in [6, 6.07) is 16.5. The Kier molecular flexibility index (Phi) is 4.19. The third-order valence-corrected chi connectivity index (χ3v) is 4.11. The van der Waals surface area contributed by atoms with Crippen molar-refractivity contribution in [2.24, 2.45) is 0 Å². The summed E-state index contributed by atoms with van der Waals surface area (Å²) >= 11 is 7.21. The van der Waals surface area contributed by atoms with E-state index in [-0.39, 0.29) is 0 Å². The van der Waals surface area contributed by atoms with E-state index < -0.39 is 0 Å². The molecule has 0 amide bonds. The Morgan fingerprint density at radius 3 is 2.35 bits per heavy atom. The average molecular weight is 352 g/mol. The fraction of sp³-hybridized carbons (Fsp3) is 0.0667. The molecule has 2 aromatic carbocycles. The second-order valence-electron chi connectivity index (χ2n) is 3.76. The maximum Gasteiger partial charge on any atom is 0.0328 e. The van der Waals surface area contributed by atoms with Crippen LogP contribution in [0.1, 0.15) is 11.1 Å². The molecule has 0 radical (unpaired) electrons. The molecule has 0 N–H and O–H groups in total. The number of hydrogen-bond acceptors (Lipinski definition) is 0. The molecule has 0 aliphatic carbocycles. The molecule has 0 heterocycles. The van der Waals surface area contributed by atoms with Gasteiger partial charge in [-0.25, -0.2) is 0 Å². The minimum atomic E-state index is 0.845. The summed E-state index contributed by atoms with van der Waals surface area (Å²) in [7, 11) is 0. The average Bonchev–Trinajstić information content (AvgIpc) is 2.38. The van der Waals surface area contributed by atoms with E-state index >= 15 is 0 Å². The number of hydrogen-bond donors (Lipinski definition) is 0. The summed E-state index contributed by atoms with van der Waals surface area (Å²) in [5.74, 6) is 0. The van der Waals surface area contributed by atoms with Crippen LogP contribution >= 0.6 is 31.9 Å². The lowest BCUT2D eigenvalue weighted by molar-refractivity contribution is 1.40. The van der Waals surface area contributed by atoms with E-state index in [9.17, 15) is 0 Å². The fourth-order valence-electron chi connectivity index (χ4n) is 1.73. The van der Waals surface area contributed by atoms with E-state index in [0.29, 0.717) is 0 Å². The second-order valence-corrected chi connectivity index (χ2v) is 5.12. The van der Waals surface area contributed by atoms with Crippen molar-refractivity contribution >= 4 is 42.9 Å². The zero-order valence-corrected chi connectivity index (χ0v) is 12.5. The Labute approximate surface area is 118 Å². The fourth-order valence-corrected chi connectivity index (χ4v) is 2.99. The van der Waals surface area contributed by atoms with E-state index in [1.165, 1.54) is 11.1 Å². The van der Waals surface area contributed by atoms with Crippen LogP contribution in [-0.2, 0) is 5.33 Å². The van der Waals surface area contributed by atoms with Gasteiger partial charge in [0.15, 0.2) is 0 Å². The predicted molar refractivity (Wildman–Crippen MR) is 81.7 cm³/mol. The Balaban J connectivity index is 2.74. The number of alkyl halides is 1. The van der Waals surface area contributed by atoms with E-state index in [1.54, 1.807) is 0 Å². The van der Waals surface area contributed by atoms with Crippen LogP contribution in [0.25, 0.3) is 11.1 Å². The predicted octanol–water partition coefficient (Wildman–Crippen LogP) is 3.54. The van der Waals surface area contributed by atoms with E-state index in [0.717, 1.165) is 20.2 Å².